The molecule has 4 heteroatoms. The molecule has 2 atom stereocenters. The Morgan fingerprint density at radius 2 is 1.67 bits per heavy atom. The minimum atomic E-state index is -0.693. The zero-order valence-electron chi connectivity index (χ0n) is 18.1. The molecule has 0 saturated carbocycles. The minimum Gasteiger partial charge on any atom is -0.390 e. The van der Waals surface area contributed by atoms with Gasteiger partial charge in [-0.15, -0.1) is 0 Å². The molecule has 0 fully saturated rings. The normalized spacial score (nSPS) is 13.7. The lowest BCUT2D eigenvalue weighted by atomic mass is 9.85. The van der Waals surface area contributed by atoms with Crippen molar-refractivity contribution in [1.29, 1.82) is 0 Å². The highest BCUT2D eigenvalue weighted by Gasteiger charge is 2.21. The molecule has 0 aliphatic heterocycles. The maximum Gasteiger partial charge on any atom is 0.248 e. The zero-order valence-corrected chi connectivity index (χ0v) is 18.1. The van der Waals surface area contributed by atoms with Gasteiger partial charge in [-0.1, -0.05) is 54.6 Å². The van der Waals surface area contributed by atoms with E-state index < -0.39 is 5.60 Å². The first-order valence-corrected chi connectivity index (χ1v) is 10.6. The van der Waals surface area contributed by atoms with Crippen molar-refractivity contribution in [1.82, 2.24) is 10.3 Å². The van der Waals surface area contributed by atoms with Gasteiger partial charge in [0.05, 0.1) is 5.60 Å². The van der Waals surface area contributed by atoms with Gasteiger partial charge < -0.3 is 15.4 Å². The van der Waals surface area contributed by atoms with Crippen LogP contribution in [0.25, 0.3) is 11.1 Å². The van der Waals surface area contributed by atoms with E-state index in [1.165, 1.54) is 11.1 Å². The Labute approximate surface area is 179 Å². The van der Waals surface area contributed by atoms with Gasteiger partial charge in [0.25, 0.3) is 0 Å². The van der Waals surface area contributed by atoms with E-state index in [2.05, 4.69) is 65.8 Å². The van der Waals surface area contributed by atoms with Crippen LogP contribution in [-0.4, -0.2) is 22.2 Å². The van der Waals surface area contributed by atoms with Crippen LogP contribution in [-0.2, 0) is 0 Å². The second-order valence-electron chi connectivity index (χ2n) is 8.65. The maximum atomic E-state index is 11.5. The summed E-state index contributed by atoms with van der Waals surface area (Å²) in [5.74, 6) is 0.310. The summed E-state index contributed by atoms with van der Waals surface area (Å²) in [4.78, 5) is 14.2. The first kappa shape index (κ1) is 22.0. The predicted octanol–water partition coefficient (Wildman–Crippen LogP) is 5.03. The summed E-state index contributed by atoms with van der Waals surface area (Å²) >= 11 is 0. The Bertz CT molecular complexity index is 972. The van der Waals surface area contributed by atoms with Crippen LogP contribution in [0, 0.1) is 0 Å². The van der Waals surface area contributed by atoms with Gasteiger partial charge in [-0.3, -0.25) is 4.79 Å². The lowest BCUT2D eigenvalue weighted by Gasteiger charge is -2.26. The van der Waals surface area contributed by atoms with Crippen LogP contribution >= 0.6 is 0 Å². The summed E-state index contributed by atoms with van der Waals surface area (Å²) in [5.41, 5.74) is 3.65. The van der Waals surface area contributed by atoms with Gasteiger partial charge in [-0.05, 0) is 74.4 Å². The Morgan fingerprint density at radius 1 is 0.967 bits per heavy atom. The molecule has 0 amide bonds. The number of rotatable bonds is 9. The largest absolute Gasteiger partial charge is 0.390 e. The van der Waals surface area contributed by atoms with Crippen molar-refractivity contribution in [3.8, 4) is 11.1 Å². The molecule has 0 unspecified atom stereocenters. The monoisotopic (exact) mass is 404 g/mol. The number of aromatic nitrogens is 1. The van der Waals surface area contributed by atoms with Crippen molar-refractivity contribution in [2.45, 2.75) is 51.2 Å². The van der Waals surface area contributed by atoms with Gasteiger partial charge in [0, 0.05) is 18.3 Å². The van der Waals surface area contributed by atoms with Crippen LogP contribution in [0.5, 0.6) is 0 Å². The molecule has 1 heterocycles. The second kappa shape index (κ2) is 9.88. The minimum absolute atomic E-state index is 0.0920. The lowest BCUT2D eigenvalue weighted by Crippen LogP contribution is -2.26. The molecule has 0 bridgehead atoms. The number of hydrogen-bond acceptors (Lipinski definition) is 3. The molecule has 0 saturated heterocycles. The highest BCUT2D eigenvalue weighted by atomic mass is 16.3. The molecule has 158 valence electrons. The van der Waals surface area contributed by atoms with E-state index in [1.54, 1.807) is 12.3 Å². The van der Waals surface area contributed by atoms with Crippen LogP contribution in [0.3, 0.4) is 0 Å². The third kappa shape index (κ3) is 6.41. The fraction of sp³-hybridized carbons (Fsp3) is 0.346. The molecule has 30 heavy (non-hydrogen) atoms. The quantitative estimate of drug-likeness (QED) is 0.469. The van der Waals surface area contributed by atoms with E-state index in [9.17, 15) is 9.90 Å². The Kier molecular flexibility index (Phi) is 7.24. The number of nitrogens with one attached hydrogen (secondary N) is 2. The Balaban J connectivity index is 1.60. The lowest BCUT2D eigenvalue weighted by molar-refractivity contribution is 0.0619. The average molecular weight is 405 g/mol. The van der Waals surface area contributed by atoms with E-state index in [-0.39, 0.29) is 11.6 Å². The van der Waals surface area contributed by atoms with Crippen molar-refractivity contribution in [2.24, 2.45) is 0 Å². The topological polar surface area (TPSA) is 65.1 Å². The van der Waals surface area contributed by atoms with Crippen LogP contribution in [0.2, 0.25) is 0 Å². The molecular formula is C26H32N2O2. The van der Waals surface area contributed by atoms with E-state index in [4.69, 9.17) is 0 Å². The third-order valence-corrected chi connectivity index (χ3v) is 5.48. The number of H-pyrrole nitrogens is 1. The highest BCUT2D eigenvalue weighted by molar-refractivity contribution is 5.62. The summed E-state index contributed by atoms with van der Waals surface area (Å²) < 4.78 is 0. The summed E-state index contributed by atoms with van der Waals surface area (Å²) in [6.07, 6.45) is 3.37. The van der Waals surface area contributed by atoms with Gasteiger partial charge in [0.2, 0.25) is 5.56 Å². The molecule has 0 aliphatic rings. The summed E-state index contributed by atoms with van der Waals surface area (Å²) in [7, 11) is 0. The Hall–Kier alpha value is -2.69. The van der Waals surface area contributed by atoms with E-state index >= 15 is 0 Å². The van der Waals surface area contributed by atoms with Crippen molar-refractivity contribution >= 4 is 0 Å². The van der Waals surface area contributed by atoms with Gasteiger partial charge in [0.1, 0.15) is 0 Å². The molecule has 4 nitrogen and oxygen atoms in total. The van der Waals surface area contributed by atoms with Crippen LogP contribution in [0.4, 0.5) is 0 Å². The first-order chi connectivity index (χ1) is 14.3. The van der Waals surface area contributed by atoms with Crippen molar-refractivity contribution in [3.05, 3.63) is 94.4 Å². The van der Waals surface area contributed by atoms with Crippen molar-refractivity contribution in [2.75, 3.05) is 6.54 Å². The summed E-state index contributed by atoms with van der Waals surface area (Å²) in [6, 6.07) is 22.5. The third-order valence-electron chi connectivity index (χ3n) is 5.48. The summed E-state index contributed by atoms with van der Waals surface area (Å²) in [6.45, 7) is 6.78. The number of hydrogen-bond donors (Lipinski definition) is 3. The number of pyridine rings is 1. The van der Waals surface area contributed by atoms with Crippen LogP contribution in [0.1, 0.15) is 56.7 Å². The molecule has 1 aromatic heterocycles. The highest BCUT2D eigenvalue weighted by Crippen LogP contribution is 2.29. The summed E-state index contributed by atoms with van der Waals surface area (Å²) in [5, 5.41) is 13.9. The second-order valence-corrected chi connectivity index (χ2v) is 8.65. The molecule has 3 N–H and O–H groups in total. The van der Waals surface area contributed by atoms with Gasteiger partial charge >= 0.3 is 0 Å². The van der Waals surface area contributed by atoms with Gasteiger partial charge in [0.15, 0.2) is 0 Å². The first-order valence-electron chi connectivity index (χ1n) is 10.6. The molecule has 3 rings (SSSR count). The molecule has 3 aromatic rings. The van der Waals surface area contributed by atoms with Crippen molar-refractivity contribution in [3.63, 3.8) is 0 Å². The molecular weight excluding hydrogens is 372 g/mol. The smallest absolute Gasteiger partial charge is 0.248 e. The zero-order chi connectivity index (χ0) is 21.6. The Morgan fingerprint density at radius 3 is 2.30 bits per heavy atom. The molecule has 0 radical (unpaired) electrons. The fourth-order valence-corrected chi connectivity index (χ4v) is 3.90. The van der Waals surface area contributed by atoms with Crippen LogP contribution in [0.15, 0.2) is 77.7 Å². The van der Waals surface area contributed by atoms with Crippen LogP contribution < -0.4 is 10.9 Å². The number of aromatic amines is 1. The van der Waals surface area contributed by atoms with Gasteiger partial charge in [-0.2, -0.15) is 0 Å². The standard InChI is InChI=1S/C26H32N2O2/c1-19(20-9-11-22(12-10-20)23-13-16-28-25(29)17-23)27-15-14-24(18-26(2,3)30)21-7-5-4-6-8-21/h4-13,16-17,19,24,27,30H,14-15,18H2,1-3H3,(H,28,29)/t19-,24+/m0/s1. The van der Waals surface area contributed by atoms with E-state index in [0.29, 0.717) is 5.92 Å². The molecule has 0 spiro atoms. The maximum absolute atomic E-state index is 11.5. The van der Waals surface area contributed by atoms with E-state index in [1.807, 2.05) is 26.0 Å². The fourth-order valence-electron chi connectivity index (χ4n) is 3.90. The number of benzene rings is 2. The predicted molar refractivity (Wildman–Crippen MR) is 124 cm³/mol. The number of aliphatic hydroxyl groups is 1. The average Bonchev–Trinajstić information content (AvgIpc) is 2.73. The molecule has 2 aromatic carbocycles. The van der Waals surface area contributed by atoms with Crippen molar-refractivity contribution < 1.29 is 5.11 Å². The molecule has 0 aliphatic carbocycles. The SMILES string of the molecule is C[C@H](NCC[C@H](CC(C)(C)O)c1ccccc1)c1ccc(-c2cc[nH]c(=O)c2)cc1. The van der Waals surface area contributed by atoms with E-state index in [0.717, 1.165) is 30.5 Å². The van der Waals surface area contributed by atoms with Gasteiger partial charge in [-0.25, -0.2) is 0 Å².